The van der Waals surface area contributed by atoms with Crippen molar-refractivity contribution in [1.29, 1.82) is 0 Å². The van der Waals surface area contributed by atoms with E-state index in [-0.39, 0.29) is 5.56 Å². The number of pyridine rings is 1. The Balaban J connectivity index is 2.01. The minimum atomic E-state index is -0.206. The number of benzene rings is 2. The van der Waals surface area contributed by atoms with Crippen molar-refractivity contribution in [3.8, 4) is 28.1 Å². The van der Waals surface area contributed by atoms with Gasteiger partial charge in [0.2, 0.25) is 0 Å². The average Bonchev–Trinajstić information content (AvgIpc) is 2.68. The summed E-state index contributed by atoms with van der Waals surface area (Å²) in [6, 6.07) is 19.4. The van der Waals surface area contributed by atoms with Crippen LogP contribution in [0.4, 0.5) is 0 Å². The van der Waals surface area contributed by atoms with Gasteiger partial charge < -0.3 is 9.72 Å². The van der Waals surface area contributed by atoms with Gasteiger partial charge in [-0.25, -0.2) is 9.97 Å². The zero-order valence-electron chi connectivity index (χ0n) is 13.6. The van der Waals surface area contributed by atoms with Crippen LogP contribution >= 0.6 is 0 Å². The highest BCUT2D eigenvalue weighted by atomic mass is 16.5. The highest BCUT2D eigenvalue weighted by molar-refractivity contribution is 5.94. The van der Waals surface area contributed by atoms with E-state index in [2.05, 4.69) is 15.0 Å². The Kier molecular flexibility index (Phi) is 3.74. The summed E-state index contributed by atoms with van der Waals surface area (Å²) in [5.41, 5.74) is 3.67. The van der Waals surface area contributed by atoms with Crippen LogP contribution in [0.3, 0.4) is 0 Å². The van der Waals surface area contributed by atoms with E-state index >= 15 is 0 Å². The summed E-state index contributed by atoms with van der Waals surface area (Å²) in [4.78, 5) is 23.8. The second-order valence-corrected chi connectivity index (χ2v) is 5.58. The van der Waals surface area contributed by atoms with Gasteiger partial charge in [-0.05, 0) is 23.8 Å². The van der Waals surface area contributed by atoms with Gasteiger partial charge in [-0.2, -0.15) is 0 Å². The summed E-state index contributed by atoms with van der Waals surface area (Å²) in [5, 5.41) is 0.479. The number of rotatable bonds is 3. The molecule has 5 heteroatoms. The molecule has 0 spiro atoms. The van der Waals surface area contributed by atoms with Crippen LogP contribution in [0.2, 0.25) is 0 Å². The van der Waals surface area contributed by atoms with Crippen LogP contribution in [-0.2, 0) is 0 Å². The molecule has 0 amide bonds. The second kappa shape index (κ2) is 6.20. The summed E-state index contributed by atoms with van der Waals surface area (Å²) < 4.78 is 5.22. The smallest absolute Gasteiger partial charge is 0.260 e. The first-order valence-electron chi connectivity index (χ1n) is 7.84. The monoisotopic (exact) mass is 329 g/mol. The van der Waals surface area contributed by atoms with E-state index < -0.39 is 0 Å². The average molecular weight is 329 g/mol. The summed E-state index contributed by atoms with van der Waals surface area (Å²) in [6.07, 6.45) is 1.38. The molecule has 0 bridgehead atoms. The van der Waals surface area contributed by atoms with Crippen LogP contribution < -0.4 is 10.3 Å². The number of hydrogen-bond donors (Lipinski definition) is 1. The summed E-state index contributed by atoms with van der Waals surface area (Å²) in [5.74, 6) is 0.762. The van der Waals surface area contributed by atoms with Crippen LogP contribution in [0.1, 0.15) is 0 Å². The molecular weight excluding hydrogens is 314 g/mol. The van der Waals surface area contributed by atoms with E-state index in [0.717, 1.165) is 28.1 Å². The Morgan fingerprint density at radius 1 is 0.960 bits per heavy atom. The van der Waals surface area contributed by atoms with Crippen molar-refractivity contribution in [3.05, 3.63) is 77.3 Å². The molecule has 0 saturated heterocycles. The first kappa shape index (κ1) is 15.1. The number of fused-ring (bicyclic) bond motifs is 1. The molecule has 25 heavy (non-hydrogen) atoms. The van der Waals surface area contributed by atoms with E-state index in [9.17, 15) is 4.79 Å². The fourth-order valence-corrected chi connectivity index (χ4v) is 2.83. The minimum absolute atomic E-state index is 0.206. The molecule has 1 N–H and O–H groups in total. The normalized spacial score (nSPS) is 10.8. The van der Waals surface area contributed by atoms with Gasteiger partial charge in [0.1, 0.15) is 5.75 Å². The predicted molar refractivity (Wildman–Crippen MR) is 97.6 cm³/mol. The van der Waals surface area contributed by atoms with Crippen molar-refractivity contribution >= 4 is 11.0 Å². The minimum Gasteiger partial charge on any atom is -0.497 e. The van der Waals surface area contributed by atoms with Gasteiger partial charge in [-0.15, -0.1) is 0 Å². The van der Waals surface area contributed by atoms with Crippen LogP contribution in [-0.4, -0.2) is 22.1 Å². The maximum absolute atomic E-state index is 12.4. The number of aromatic amines is 1. The predicted octanol–water partition coefficient (Wildman–Crippen LogP) is 3.66. The molecule has 2 aromatic heterocycles. The second-order valence-electron chi connectivity index (χ2n) is 5.58. The molecule has 2 aromatic carbocycles. The van der Waals surface area contributed by atoms with E-state index in [1.807, 2.05) is 60.7 Å². The van der Waals surface area contributed by atoms with Crippen molar-refractivity contribution in [2.24, 2.45) is 0 Å². The van der Waals surface area contributed by atoms with Crippen LogP contribution in [0.25, 0.3) is 33.4 Å². The number of aromatic nitrogens is 3. The number of hydrogen-bond acceptors (Lipinski definition) is 4. The fraction of sp³-hybridized carbons (Fsp3) is 0.0500. The lowest BCUT2D eigenvalue weighted by Crippen LogP contribution is -2.09. The molecule has 0 saturated carbocycles. The van der Waals surface area contributed by atoms with E-state index in [1.54, 1.807) is 7.11 Å². The number of nitrogens with one attached hydrogen (secondary N) is 1. The number of H-pyrrole nitrogens is 1. The summed E-state index contributed by atoms with van der Waals surface area (Å²) in [6.45, 7) is 0. The molecule has 4 rings (SSSR count). The van der Waals surface area contributed by atoms with E-state index in [0.29, 0.717) is 11.0 Å². The maximum Gasteiger partial charge on any atom is 0.260 e. The first-order chi connectivity index (χ1) is 12.3. The lowest BCUT2D eigenvalue weighted by atomic mass is 10.00. The highest BCUT2D eigenvalue weighted by Crippen LogP contribution is 2.30. The van der Waals surface area contributed by atoms with Crippen LogP contribution in [0.5, 0.6) is 5.75 Å². The number of methoxy groups -OCH3 is 1. The van der Waals surface area contributed by atoms with Crippen LogP contribution in [0, 0.1) is 0 Å². The fourth-order valence-electron chi connectivity index (χ4n) is 2.83. The molecule has 0 aliphatic heterocycles. The van der Waals surface area contributed by atoms with Crippen molar-refractivity contribution in [3.63, 3.8) is 0 Å². The van der Waals surface area contributed by atoms with Gasteiger partial charge in [0.15, 0.2) is 5.65 Å². The third-order valence-electron chi connectivity index (χ3n) is 4.08. The molecule has 0 unspecified atom stereocenters. The Bertz CT molecular complexity index is 1090. The van der Waals surface area contributed by atoms with Gasteiger partial charge >= 0.3 is 0 Å². The molecule has 0 aliphatic carbocycles. The maximum atomic E-state index is 12.4. The van der Waals surface area contributed by atoms with Gasteiger partial charge in [0.05, 0.1) is 24.5 Å². The first-order valence-corrected chi connectivity index (χ1v) is 7.84. The summed E-state index contributed by atoms with van der Waals surface area (Å²) in [7, 11) is 1.62. The van der Waals surface area contributed by atoms with Crippen molar-refractivity contribution in [2.45, 2.75) is 0 Å². The zero-order valence-corrected chi connectivity index (χ0v) is 13.6. The molecule has 2 heterocycles. The number of nitrogens with zero attached hydrogens (tertiary/aromatic N) is 2. The molecule has 122 valence electrons. The third-order valence-corrected chi connectivity index (χ3v) is 4.08. The Morgan fingerprint density at radius 3 is 2.44 bits per heavy atom. The molecule has 0 aliphatic rings. The van der Waals surface area contributed by atoms with Gasteiger partial charge in [-0.1, -0.05) is 42.5 Å². The van der Waals surface area contributed by atoms with Gasteiger partial charge in [-0.3, -0.25) is 4.79 Å². The summed E-state index contributed by atoms with van der Waals surface area (Å²) >= 11 is 0. The van der Waals surface area contributed by atoms with E-state index in [1.165, 1.54) is 6.33 Å². The number of ether oxygens (including phenoxy) is 1. The standard InChI is InChI=1S/C20H15N3O2/c1-25-15-9-7-13(8-10-15)16-11-17(14-5-3-2-4-6-14)23-19-18(16)20(24)22-12-21-19/h2-12H,1H3,(H,21,22,23,24). The molecule has 0 radical (unpaired) electrons. The molecule has 0 atom stereocenters. The van der Waals surface area contributed by atoms with Crippen LogP contribution in [0.15, 0.2) is 71.8 Å². The van der Waals surface area contributed by atoms with Gasteiger partial charge in [0.25, 0.3) is 5.56 Å². The Hall–Kier alpha value is -3.47. The lowest BCUT2D eigenvalue weighted by Gasteiger charge is -2.09. The third kappa shape index (κ3) is 2.76. The van der Waals surface area contributed by atoms with Crippen molar-refractivity contribution in [2.75, 3.05) is 7.11 Å². The Labute approximate surface area is 144 Å². The topological polar surface area (TPSA) is 67.9 Å². The van der Waals surface area contributed by atoms with Crippen molar-refractivity contribution < 1.29 is 4.74 Å². The largest absolute Gasteiger partial charge is 0.497 e. The Morgan fingerprint density at radius 2 is 1.72 bits per heavy atom. The SMILES string of the molecule is COc1ccc(-c2cc(-c3ccccc3)nc3nc[nH]c(=O)c23)cc1. The highest BCUT2D eigenvalue weighted by Gasteiger charge is 2.13. The molecule has 4 aromatic rings. The zero-order chi connectivity index (χ0) is 17.2. The van der Waals surface area contributed by atoms with Crippen molar-refractivity contribution in [1.82, 2.24) is 15.0 Å². The molecular formula is C20H15N3O2. The lowest BCUT2D eigenvalue weighted by molar-refractivity contribution is 0.415. The molecule has 0 fully saturated rings. The quantitative estimate of drug-likeness (QED) is 0.623. The van der Waals surface area contributed by atoms with Gasteiger partial charge in [0, 0.05) is 11.1 Å². The van der Waals surface area contributed by atoms with E-state index in [4.69, 9.17) is 4.74 Å². The molecule has 5 nitrogen and oxygen atoms in total.